The van der Waals surface area contributed by atoms with Gasteiger partial charge in [0.25, 0.3) is 0 Å². The zero-order chi connectivity index (χ0) is 10.8. The van der Waals surface area contributed by atoms with Gasteiger partial charge in [0, 0.05) is 6.08 Å². The average molecular weight is 199 g/mol. The Morgan fingerprint density at radius 1 is 1.29 bits per heavy atom. The molecular formula is C11H21NO2. The molecule has 1 rings (SSSR count). The van der Waals surface area contributed by atoms with Crippen LogP contribution in [0.15, 0.2) is 12.2 Å². The lowest BCUT2D eigenvalue weighted by atomic mass is 9.98. The molecule has 0 aliphatic heterocycles. The second kappa shape index (κ2) is 8.75. The van der Waals surface area contributed by atoms with Gasteiger partial charge in [-0.3, -0.25) is 0 Å². The fourth-order valence-electron chi connectivity index (χ4n) is 1.52. The van der Waals surface area contributed by atoms with Crippen LogP contribution in [0.25, 0.3) is 0 Å². The fourth-order valence-corrected chi connectivity index (χ4v) is 1.52. The first-order valence-corrected chi connectivity index (χ1v) is 5.24. The summed E-state index contributed by atoms with van der Waals surface area (Å²) < 4.78 is 5.21. The predicted octanol–water partition coefficient (Wildman–Crippen LogP) is 2.01. The molecule has 0 bridgehead atoms. The summed E-state index contributed by atoms with van der Waals surface area (Å²) in [5, 5.41) is 0. The Morgan fingerprint density at radius 2 is 1.86 bits per heavy atom. The number of ether oxygens (including phenoxy) is 1. The van der Waals surface area contributed by atoms with Gasteiger partial charge >= 0.3 is 5.97 Å². The normalized spacial score (nSPS) is 17.4. The highest BCUT2D eigenvalue weighted by Gasteiger charge is 2.15. The summed E-state index contributed by atoms with van der Waals surface area (Å²) in [6.45, 7) is 1.82. The van der Waals surface area contributed by atoms with E-state index < -0.39 is 0 Å². The van der Waals surface area contributed by atoms with Gasteiger partial charge in [0.2, 0.25) is 0 Å². The van der Waals surface area contributed by atoms with Gasteiger partial charge in [0.05, 0.1) is 0 Å². The van der Waals surface area contributed by atoms with Crippen molar-refractivity contribution in [2.45, 2.75) is 45.1 Å². The number of rotatable bonds is 2. The van der Waals surface area contributed by atoms with E-state index in [-0.39, 0.29) is 12.1 Å². The van der Waals surface area contributed by atoms with Crippen molar-refractivity contribution in [1.82, 2.24) is 0 Å². The summed E-state index contributed by atoms with van der Waals surface area (Å²) in [6.07, 6.45) is 9.16. The molecule has 82 valence electrons. The Bertz CT molecular complexity index is 172. The van der Waals surface area contributed by atoms with Crippen LogP contribution < -0.4 is 5.73 Å². The molecule has 0 spiro atoms. The van der Waals surface area contributed by atoms with Gasteiger partial charge in [-0.2, -0.15) is 0 Å². The summed E-state index contributed by atoms with van der Waals surface area (Å²) in [7, 11) is 1.50. The fraction of sp³-hybridized carbons (Fsp3) is 0.727. The molecule has 14 heavy (non-hydrogen) atoms. The van der Waals surface area contributed by atoms with Crippen LogP contribution in [0, 0.1) is 0 Å². The maximum Gasteiger partial charge on any atom is 0.330 e. The molecule has 0 unspecified atom stereocenters. The van der Waals surface area contributed by atoms with Gasteiger partial charge in [0.15, 0.2) is 0 Å². The van der Waals surface area contributed by atoms with Crippen molar-refractivity contribution in [3.05, 3.63) is 12.2 Å². The third-order valence-corrected chi connectivity index (χ3v) is 2.14. The quantitative estimate of drug-likeness (QED) is 0.546. The van der Waals surface area contributed by atoms with E-state index >= 15 is 0 Å². The number of hydrogen-bond acceptors (Lipinski definition) is 3. The third-order valence-electron chi connectivity index (χ3n) is 2.14. The van der Waals surface area contributed by atoms with E-state index in [1.807, 2.05) is 6.92 Å². The minimum Gasteiger partial charge on any atom is -0.459 e. The molecule has 0 atom stereocenters. The van der Waals surface area contributed by atoms with Crippen LogP contribution >= 0.6 is 0 Å². The predicted molar refractivity (Wildman–Crippen MR) is 57.9 cm³/mol. The van der Waals surface area contributed by atoms with Crippen molar-refractivity contribution in [3.8, 4) is 0 Å². The number of nitrogens with two attached hydrogens (primary N) is 1. The van der Waals surface area contributed by atoms with E-state index in [0.29, 0.717) is 0 Å². The molecule has 1 fully saturated rings. The highest BCUT2D eigenvalue weighted by molar-refractivity contribution is 5.81. The van der Waals surface area contributed by atoms with Crippen LogP contribution in [0.4, 0.5) is 0 Å². The Morgan fingerprint density at radius 3 is 2.36 bits per heavy atom. The largest absolute Gasteiger partial charge is 0.459 e. The van der Waals surface area contributed by atoms with Crippen LogP contribution in [0.2, 0.25) is 0 Å². The molecule has 1 aliphatic carbocycles. The third kappa shape index (κ3) is 5.75. The smallest absolute Gasteiger partial charge is 0.330 e. The van der Waals surface area contributed by atoms with Gasteiger partial charge < -0.3 is 10.5 Å². The molecule has 0 amide bonds. The summed E-state index contributed by atoms with van der Waals surface area (Å²) in [5.41, 5.74) is 4.50. The van der Waals surface area contributed by atoms with Crippen LogP contribution in [-0.2, 0) is 9.53 Å². The molecule has 0 saturated heterocycles. The number of allylic oxidation sites excluding steroid dienone is 1. The monoisotopic (exact) mass is 199 g/mol. The lowest BCUT2D eigenvalue weighted by Crippen LogP contribution is -2.19. The molecule has 0 aromatic carbocycles. The second-order valence-electron chi connectivity index (χ2n) is 3.20. The van der Waals surface area contributed by atoms with E-state index in [4.69, 9.17) is 4.74 Å². The minimum absolute atomic E-state index is 0.183. The minimum atomic E-state index is -0.190. The first-order chi connectivity index (χ1) is 6.83. The van der Waals surface area contributed by atoms with E-state index in [1.165, 1.54) is 32.4 Å². The maximum atomic E-state index is 11.0. The summed E-state index contributed by atoms with van der Waals surface area (Å²) in [5.74, 6) is -0.190. The van der Waals surface area contributed by atoms with Crippen molar-refractivity contribution < 1.29 is 9.53 Å². The standard InChI is InChI=1S/C10H16O2.CH5N/c1-2-6-10(11)12-9-7-4-3-5-8-9;1-2/h2,6,9H,3-5,7-8H2,1H3;2H2,1H3. The first-order valence-electron chi connectivity index (χ1n) is 5.24. The molecule has 2 N–H and O–H groups in total. The van der Waals surface area contributed by atoms with E-state index in [1.54, 1.807) is 6.08 Å². The lowest BCUT2D eigenvalue weighted by molar-refractivity contribution is -0.144. The number of carbonyl (C=O) groups is 1. The molecule has 0 aromatic rings. The molecule has 0 aromatic heterocycles. The summed E-state index contributed by atoms with van der Waals surface area (Å²) in [6, 6.07) is 0. The maximum absolute atomic E-state index is 11.0. The molecule has 1 aliphatic rings. The molecule has 3 nitrogen and oxygen atoms in total. The van der Waals surface area contributed by atoms with Crippen molar-refractivity contribution in [1.29, 1.82) is 0 Å². The number of hydrogen-bond donors (Lipinski definition) is 1. The van der Waals surface area contributed by atoms with Gasteiger partial charge in [-0.1, -0.05) is 12.5 Å². The van der Waals surface area contributed by atoms with Crippen LogP contribution in [0.1, 0.15) is 39.0 Å². The molecular weight excluding hydrogens is 178 g/mol. The molecule has 0 heterocycles. The molecule has 1 saturated carbocycles. The summed E-state index contributed by atoms with van der Waals surface area (Å²) >= 11 is 0. The molecule has 3 heteroatoms. The van der Waals surface area contributed by atoms with Gasteiger partial charge in [-0.25, -0.2) is 4.79 Å². The van der Waals surface area contributed by atoms with Crippen LogP contribution in [0.5, 0.6) is 0 Å². The van der Waals surface area contributed by atoms with E-state index in [2.05, 4.69) is 5.73 Å². The van der Waals surface area contributed by atoms with E-state index in [9.17, 15) is 4.79 Å². The Labute approximate surface area is 86.3 Å². The highest BCUT2D eigenvalue weighted by Crippen LogP contribution is 2.20. The van der Waals surface area contributed by atoms with E-state index in [0.717, 1.165) is 12.8 Å². The number of carbonyl (C=O) groups excluding carboxylic acids is 1. The first kappa shape index (κ1) is 13.2. The second-order valence-corrected chi connectivity index (χ2v) is 3.20. The Kier molecular flexibility index (Phi) is 8.24. The van der Waals surface area contributed by atoms with Gasteiger partial charge in [-0.05, 0) is 39.7 Å². The van der Waals surface area contributed by atoms with Gasteiger partial charge in [-0.15, -0.1) is 0 Å². The average Bonchev–Trinajstić information content (AvgIpc) is 2.22. The zero-order valence-electron chi connectivity index (χ0n) is 9.16. The van der Waals surface area contributed by atoms with Crippen LogP contribution in [0.3, 0.4) is 0 Å². The number of esters is 1. The molecule has 0 radical (unpaired) electrons. The summed E-state index contributed by atoms with van der Waals surface area (Å²) in [4.78, 5) is 11.0. The Hall–Kier alpha value is -0.830. The van der Waals surface area contributed by atoms with Crippen molar-refractivity contribution in [3.63, 3.8) is 0 Å². The SMILES string of the molecule is CC=CC(=O)OC1CCCCC1.CN. The van der Waals surface area contributed by atoms with Crippen molar-refractivity contribution in [2.24, 2.45) is 5.73 Å². The lowest BCUT2D eigenvalue weighted by Gasteiger charge is -2.20. The Balaban J connectivity index is 0.000000791. The highest BCUT2D eigenvalue weighted by atomic mass is 16.5. The van der Waals surface area contributed by atoms with Crippen molar-refractivity contribution >= 4 is 5.97 Å². The van der Waals surface area contributed by atoms with Gasteiger partial charge in [0.1, 0.15) is 6.10 Å². The zero-order valence-corrected chi connectivity index (χ0v) is 9.16. The van der Waals surface area contributed by atoms with Crippen molar-refractivity contribution in [2.75, 3.05) is 7.05 Å². The topological polar surface area (TPSA) is 52.3 Å². The van der Waals surface area contributed by atoms with Crippen LogP contribution in [-0.4, -0.2) is 19.1 Å².